The van der Waals surface area contributed by atoms with Crippen molar-refractivity contribution in [2.45, 2.75) is 138 Å². The van der Waals surface area contributed by atoms with E-state index in [0.717, 1.165) is 4.90 Å². The van der Waals surface area contributed by atoms with Crippen LogP contribution in [0, 0.1) is 0 Å². The third kappa shape index (κ3) is 24.1. The van der Waals surface area contributed by atoms with Crippen LogP contribution in [0.1, 0.15) is 74.5 Å². The van der Waals surface area contributed by atoms with Crippen molar-refractivity contribution in [3.8, 4) is 0 Å². The third-order valence-electron chi connectivity index (χ3n) is 15.1. The summed E-state index contributed by atoms with van der Waals surface area (Å²) in [5, 5.41) is 49.4. The quantitative estimate of drug-likeness (QED) is 0.0147. The van der Waals surface area contributed by atoms with E-state index < -0.39 is 133 Å². The maximum atomic E-state index is 14.4. The van der Waals surface area contributed by atoms with Crippen LogP contribution in [0.2, 0.25) is 0 Å². The molecule has 0 aliphatic carbocycles. The summed E-state index contributed by atoms with van der Waals surface area (Å²) in [6, 6.07) is 13.3. The van der Waals surface area contributed by atoms with Crippen molar-refractivity contribution in [2.75, 3.05) is 45.9 Å². The Balaban J connectivity index is 1.28. The Morgan fingerprint density at radius 1 is 0.522 bits per heavy atom. The predicted molar refractivity (Wildman–Crippen MR) is 338 cm³/mol. The molecule has 2 heterocycles. The van der Waals surface area contributed by atoms with E-state index >= 15 is 0 Å². The Morgan fingerprint density at radius 2 is 0.935 bits per heavy atom. The summed E-state index contributed by atoms with van der Waals surface area (Å²) in [6.45, 7) is -1.52. The van der Waals surface area contributed by atoms with Crippen molar-refractivity contribution in [2.24, 2.45) is 55.1 Å². The Morgan fingerprint density at radius 3 is 1.39 bits per heavy atom. The lowest BCUT2D eigenvalue weighted by Gasteiger charge is -2.33. The van der Waals surface area contributed by atoms with Crippen LogP contribution in [0.4, 0.5) is 0 Å². The number of benzene rings is 3. The molecule has 2 aliphatic heterocycles. The second kappa shape index (κ2) is 37.3. The Bertz CT molecular complexity index is 3060. The number of carboxylic acid groups (broad SMARTS) is 1. The molecule has 32 heteroatoms. The summed E-state index contributed by atoms with van der Waals surface area (Å²) in [5.74, 6) is -9.27. The van der Waals surface area contributed by atoms with E-state index in [1.165, 1.54) is 4.90 Å². The SMILES string of the molecule is NC(N)=NCCCC(NC(=O)C(Cc1ccccc1)NC(=O)C(Cc1ccccc1)NC(=O)C(CO)NC(=O)[C@@H](Cc1ccccc1)NC(=O)CNC(=O)[C@@H]1CC(O)CN1C(=O)[C@@H]1CCCN1C(=O)[C@H](CCCN=C(N)N)NC(=O)[C@@H](N)CCCN=C(N)N)C(=O)O. The number of nitrogens with two attached hydrogens (primary N) is 7. The number of carbonyl (C=O) groups is 10. The molecular weight excluding hydrogens is 1190 g/mol. The average Bonchev–Trinajstić information content (AvgIpc) is 1.78. The number of aliphatic hydroxyl groups is 2. The standard InChI is InChI=1S/C60H87N19O13/c61-39(20-10-24-68-58(62)63)49(83)73-40(21-11-25-69-59(64)65)55(89)78-27-13-23-46(78)56(90)79-33-38(81)31-47(79)54(88)71-32-48(82)72-42(28-35-14-4-1-5-15-35)50(84)77-45(34-80)53(87)76-44(30-37-18-8-3-9-19-37)52(86)75-43(29-36-16-6-2-7-17-36)51(85)74-41(57(91)92)22-12-26-70-60(66)67/h1-9,14-19,38-47,80-81H,10-13,20-34,61H2,(H,71,88)(H,72,82)(H,73,83)(H,74,85)(H,75,86)(H,76,87)(H,77,84)(H,91,92)(H4,62,63,68)(H4,64,65,69)(H4,66,67,70)/t38?,39-,40-,41?,42+,43?,44?,45?,46-,47-/m0/s1. The number of hydrogen-bond acceptors (Lipinski definition) is 16. The number of aliphatic hydroxyl groups excluding tert-OH is 2. The van der Waals surface area contributed by atoms with E-state index in [-0.39, 0.29) is 115 Å². The van der Waals surface area contributed by atoms with Crippen LogP contribution in [0.3, 0.4) is 0 Å². The van der Waals surface area contributed by atoms with Gasteiger partial charge in [0.1, 0.15) is 48.3 Å². The number of guanidine groups is 3. The van der Waals surface area contributed by atoms with Gasteiger partial charge in [-0.3, -0.25) is 58.1 Å². The van der Waals surface area contributed by atoms with E-state index in [1.807, 2.05) is 0 Å². The number of nitrogens with zero attached hydrogens (tertiary/aromatic N) is 5. The molecule has 2 fully saturated rings. The zero-order chi connectivity index (χ0) is 67.3. The first-order valence-electron chi connectivity index (χ1n) is 30.2. The molecule has 92 heavy (non-hydrogen) atoms. The number of carboxylic acids is 1. The van der Waals surface area contributed by atoms with Gasteiger partial charge in [-0.25, -0.2) is 4.79 Å². The molecule has 5 rings (SSSR count). The van der Waals surface area contributed by atoms with Crippen LogP contribution in [0.5, 0.6) is 0 Å². The number of likely N-dealkylation sites (tertiary alicyclic amines) is 2. The van der Waals surface area contributed by atoms with Crippen LogP contribution in [-0.2, 0) is 67.2 Å². The van der Waals surface area contributed by atoms with Gasteiger partial charge < -0.3 is 102 Å². The Hall–Kier alpha value is -9.95. The molecule has 0 radical (unpaired) electrons. The minimum atomic E-state index is -1.75. The fourth-order valence-electron chi connectivity index (χ4n) is 10.4. The lowest BCUT2D eigenvalue weighted by atomic mass is 10.0. The smallest absolute Gasteiger partial charge is 0.326 e. The van der Waals surface area contributed by atoms with Gasteiger partial charge in [-0.2, -0.15) is 0 Å². The molecule has 9 amide bonds. The number of nitrogens with one attached hydrogen (secondary N) is 7. The van der Waals surface area contributed by atoms with Gasteiger partial charge in [0, 0.05) is 58.4 Å². The zero-order valence-electron chi connectivity index (χ0n) is 51.1. The Kier molecular flexibility index (Phi) is 29.5. The summed E-state index contributed by atoms with van der Waals surface area (Å²) in [7, 11) is 0. The van der Waals surface area contributed by atoms with E-state index in [0.29, 0.717) is 29.5 Å². The molecule has 0 aromatic heterocycles. The minimum Gasteiger partial charge on any atom is -0.480 e. The van der Waals surface area contributed by atoms with Crippen LogP contribution >= 0.6 is 0 Å². The maximum Gasteiger partial charge on any atom is 0.326 e. The second-order valence-corrected chi connectivity index (χ2v) is 22.3. The monoisotopic (exact) mass is 1280 g/mol. The van der Waals surface area contributed by atoms with Gasteiger partial charge in [0.2, 0.25) is 53.2 Å². The second-order valence-electron chi connectivity index (χ2n) is 22.3. The van der Waals surface area contributed by atoms with E-state index in [9.17, 15) is 63.3 Å². The third-order valence-corrected chi connectivity index (χ3v) is 15.1. The normalized spacial score (nSPS) is 17.3. The maximum absolute atomic E-state index is 14.4. The van der Waals surface area contributed by atoms with Gasteiger partial charge in [-0.05, 0) is 68.1 Å². The van der Waals surface area contributed by atoms with Crippen molar-refractivity contribution in [3.05, 3.63) is 108 Å². The van der Waals surface area contributed by atoms with Crippen molar-refractivity contribution >= 4 is 77.0 Å². The fourth-order valence-corrected chi connectivity index (χ4v) is 10.4. The number of β-amino-alcohol motifs (C(OH)–C–C–N with tert-alkyl or cyclic N) is 1. The topological polar surface area (TPSA) is 541 Å². The van der Waals surface area contributed by atoms with Gasteiger partial charge in [0.25, 0.3) is 0 Å². The summed E-state index contributed by atoms with van der Waals surface area (Å²) < 4.78 is 0. The highest BCUT2D eigenvalue weighted by Gasteiger charge is 2.46. The van der Waals surface area contributed by atoms with E-state index in [1.54, 1.807) is 91.0 Å². The summed E-state index contributed by atoms with van der Waals surface area (Å²) in [4.78, 5) is 153. The molecule has 24 N–H and O–H groups in total. The molecule has 0 bridgehead atoms. The van der Waals surface area contributed by atoms with Crippen LogP contribution in [0.25, 0.3) is 0 Å². The lowest BCUT2D eigenvalue weighted by Crippen LogP contribution is -2.60. The number of aliphatic imine (C=N–C) groups is 3. The van der Waals surface area contributed by atoms with Gasteiger partial charge in [-0.15, -0.1) is 0 Å². The first-order chi connectivity index (χ1) is 43.9. The molecule has 10 atom stereocenters. The summed E-state index contributed by atoms with van der Waals surface area (Å²) >= 11 is 0. The average molecular weight is 1280 g/mol. The first-order valence-corrected chi connectivity index (χ1v) is 30.2. The number of rotatable bonds is 36. The molecule has 2 saturated heterocycles. The minimum absolute atomic E-state index is 0.0596. The Labute approximate surface area is 531 Å². The van der Waals surface area contributed by atoms with Crippen molar-refractivity contribution in [1.82, 2.24) is 47.0 Å². The van der Waals surface area contributed by atoms with Crippen LogP contribution in [-0.4, -0.2) is 208 Å². The molecule has 0 spiro atoms. The lowest BCUT2D eigenvalue weighted by molar-refractivity contribution is -0.148. The fraction of sp³-hybridized carbons (Fsp3) is 0.483. The largest absolute Gasteiger partial charge is 0.480 e. The number of aliphatic carboxylic acids is 1. The van der Waals surface area contributed by atoms with Gasteiger partial charge in [0.05, 0.1) is 25.3 Å². The highest BCUT2D eigenvalue weighted by molar-refractivity contribution is 5.98. The number of carbonyl (C=O) groups excluding carboxylic acids is 9. The van der Waals surface area contributed by atoms with Crippen molar-refractivity contribution < 1.29 is 63.3 Å². The molecule has 2 aliphatic rings. The molecule has 0 saturated carbocycles. The highest BCUT2D eigenvalue weighted by atomic mass is 16.4. The summed E-state index contributed by atoms with van der Waals surface area (Å²) in [5.41, 5.74) is 40.4. The van der Waals surface area contributed by atoms with Crippen LogP contribution in [0.15, 0.2) is 106 Å². The van der Waals surface area contributed by atoms with Gasteiger partial charge in [-0.1, -0.05) is 91.0 Å². The summed E-state index contributed by atoms with van der Waals surface area (Å²) in [6.07, 6.45) is -0.323. The van der Waals surface area contributed by atoms with Gasteiger partial charge in [0.15, 0.2) is 17.9 Å². The molecule has 5 unspecified atom stereocenters. The number of hydrogen-bond donors (Lipinski definition) is 17. The molecule has 500 valence electrons. The highest BCUT2D eigenvalue weighted by Crippen LogP contribution is 2.27. The van der Waals surface area contributed by atoms with Crippen molar-refractivity contribution in [1.29, 1.82) is 0 Å². The number of amides is 9. The zero-order valence-corrected chi connectivity index (χ0v) is 51.1. The molecule has 3 aromatic carbocycles. The predicted octanol–water partition coefficient (Wildman–Crippen LogP) is -5.74. The molecule has 32 nitrogen and oxygen atoms in total. The first kappa shape index (κ1) is 72.8. The van der Waals surface area contributed by atoms with E-state index in [4.69, 9.17) is 40.1 Å². The molecule has 3 aromatic rings. The van der Waals surface area contributed by atoms with Crippen molar-refractivity contribution in [3.63, 3.8) is 0 Å². The van der Waals surface area contributed by atoms with Crippen LogP contribution < -0.4 is 77.4 Å². The van der Waals surface area contributed by atoms with E-state index in [2.05, 4.69) is 52.2 Å². The van der Waals surface area contributed by atoms with Gasteiger partial charge >= 0.3 is 5.97 Å². The molecular formula is C60H87N19O13.